The number of carbonyl (C=O) groups excluding carboxylic acids is 2. The van der Waals surface area contributed by atoms with Gasteiger partial charge in [0.15, 0.2) is 16.6 Å². The molecule has 2 aliphatic heterocycles. The molecule has 1 aliphatic carbocycles. The molecule has 11 heteroatoms. The number of aromatic nitrogens is 2. The molecule has 2 amide bonds. The van der Waals surface area contributed by atoms with E-state index < -0.39 is 0 Å². The van der Waals surface area contributed by atoms with E-state index in [1.807, 2.05) is 24.3 Å². The molecule has 3 fully saturated rings. The van der Waals surface area contributed by atoms with Gasteiger partial charge in [-0.1, -0.05) is 6.07 Å². The maximum absolute atomic E-state index is 13.1. The zero-order valence-electron chi connectivity index (χ0n) is 22.6. The smallest absolute Gasteiger partial charge is 0.275 e. The number of carbonyl (C=O) groups is 2. The van der Waals surface area contributed by atoms with E-state index in [9.17, 15) is 9.59 Å². The molecule has 3 aromatic rings. The van der Waals surface area contributed by atoms with Crippen molar-refractivity contribution in [3.63, 3.8) is 0 Å². The average Bonchev–Trinajstić information content (AvgIpc) is 3.75. The first-order valence-corrected chi connectivity index (χ1v) is 14.8. The number of nitrogens with zero attached hydrogens (tertiary/aromatic N) is 4. The van der Waals surface area contributed by atoms with Gasteiger partial charge in [-0.15, -0.1) is 11.3 Å². The summed E-state index contributed by atoms with van der Waals surface area (Å²) in [5.41, 5.74) is 2.91. The standard InChI is InChI=1S/C29H34N6O4S/c1-38-25-7-6-19(14-26(25)39-21-4-2-3-5-21)20-15-27(36)35(17-20)29-33-23(18-40-29)28(37)32-22-16-31-9-8-24(22)34-12-10-30-11-13-34/h6-9,14,16,18,20-21,30H,2-5,10-13,15,17H2,1H3,(H,32,37). The fraction of sp³-hybridized carbons (Fsp3) is 0.448. The number of hydrogen-bond acceptors (Lipinski definition) is 9. The molecule has 0 bridgehead atoms. The van der Waals surface area contributed by atoms with Crippen molar-refractivity contribution >= 4 is 39.7 Å². The highest BCUT2D eigenvalue weighted by Gasteiger charge is 2.34. The number of rotatable bonds is 8. The van der Waals surface area contributed by atoms with Gasteiger partial charge in [0.25, 0.3) is 5.91 Å². The third-order valence-electron chi connectivity index (χ3n) is 7.84. The van der Waals surface area contributed by atoms with Crippen LogP contribution >= 0.6 is 11.3 Å². The van der Waals surface area contributed by atoms with Crippen molar-refractivity contribution in [1.29, 1.82) is 0 Å². The van der Waals surface area contributed by atoms with Crippen LogP contribution in [0.5, 0.6) is 11.5 Å². The van der Waals surface area contributed by atoms with Crippen LogP contribution in [0.1, 0.15) is 54.1 Å². The lowest BCUT2D eigenvalue weighted by Gasteiger charge is -2.30. The molecule has 1 aromatic carbocycles. The summed E-state index contributed by atoms with van der Waals surface area (Å²) in [5.74, 6) is 1.12. The van der Waals surface area contributed by atoms with Crippen LogP contribution in [0.2, 0.25) is 0 Å². The van der Waals surface area contributed by atoms with Gasteiger partial charge in [-0.3, -0.25) is 19.5 Å². The van der Waals surface area contributed by atoms with Crippen molar-refractivity contribution in [1.82, 2.24) is 15.3 Å². The summed E-state index contributed by atoms with van der Waals surface area (Å²) in [6, 6.07) is 7.86. The normalized spacial score (nSPS) is 19.7. The van der Waals surface area contributed by atoms with Gasteiger partial charge in [-0.2, -0.15) is 0 Å². The van der Waals surface area contributed by atoms with E-state index in [0.717, 1.165) is 56.0 Å². The van der Waals surface area contributed by atoms with E-state index in [1.54, 1.807) is 29.8 Å². The Morgan fingerprint density at radius 2 is 1.98 bits per heavy atom. The van der Waals surface area contributed by atoms with E-state index in [2.05, 4.69) is 25.5 Å². The summed E-state index contributed by atoms with van der Waals surface area (Å²) in [7, 11) is 1.65. The van der Waals surface area contributed by atoms with E-state index in [-0.39, 0.29) is 29.5 Å². The van der Waals surface area contributed by atoms with Gasteiger partial charge in [-0.05, 0) is 49.4 Å². The second-order valence-corrected chi connectivity index (χ2v) is 11.3. The van der Waals surface area contributed by atoms with Gasteiger partial charge in [0.1, 0.15) is 5.69 Å². The van der Waals surface area contributed by atoms with Crippen molar-refractivity contribution in [3.05, 3.63) is 53.3 Å². The topological polar surface area (TPSA) is 109 Å². The third-order valence-corrected chi connectivity index (χ3v) is 8.70. The molecular weight excluding hydrogens is 528 g/mol. The number of anilines is 3. The molecule has 6 rings (SSSR count). The van der Waals surface area contributed by atoms with E-state index in [1.165, 1.54) is 24.2 Å². The third kappa shape index (κ3) is 5.62. The molecule has 0 spiro atoms. The molecule has 1 unspecified atom stereocenters. The Balaban J connectivity index is 1.14. The second kappa shape index (κ2) is 11.8. The van der Waals surface area contributed by atoms with Gasteiger partial charge in [0, 0.05) is 56.6 Å². The molecule has 2 saturated heterocycles. The first-order chi connectivity index (χ1) is 19.6. The highest BCUT2D eigenvalue weighted by atomic mass is 32.1. The number of benzene rings is 1. The number of ether oxygens (including phenoxy) is 2. The lowest BCUT2D eigenvalue weighted by atomic mass is 9.98. The highest BCUT2D eigenvalue weighted by Crippen LogP contribution is 2.38. The second-order valence-electron chi connectivity index (χ2n) is 10.4. The van der Waals surface area contributed by atoms with Gasteiger partial charge >= 0.3 is 0 Å². The molecule has 10 nitrogen and oxygen atoms in total. The number of thiazole rings is 1. The largest absolute Gasteiger partial charge is 0.493 e. The number of nitrogens with one attached hydrogen (secondary N) is 2. The molecule has 210 valence electrons. The Hall–Kier alpha value is -3.70. The average molecular weight is 563 g/mol. The van der Waals surface area contributed by atoms with Crippen LogP contribution in [0.15, 0.2) is 42.0 Å². The lowest BCUT2D eigenvalue weighted by molar-refractivity contribution is -0.117. The molecule has 1 saturated carbocycles. The van der Waals surface area contributed by atoms with E-state index >= 15 is 0 Å². The monoisotopic (exact) mass is 562 g/mol. The minimum atomic E-state index is -0.320. The minimum absolute atomic E-state index is 0.00231. The van der Waals surface area contributed by atoms with Gasteiger partial charge < -0.3 is 25.0 Å². The zero-order chi connectivity index (χ0) is 27.5. The van der Waals surface area contributed by atoms with Gasteiger partial charge in [-0.25, -0.2) is 4.98 Å². The lowest BCUT2D eigenvalue weighted by Crippen LogP contribution is -2.43. The van der Waals surface area contributed by atoms with Crippen LogP contribution in [0.3, 0.4) is 0 Å². The molecule has 3 aliphatic rings. The summed E-state index contributed by atoms with van der Waals surface area (Å²) in [4.78, 5) is 38.8. The summed E-state index contributed by atoms with van der Waals surface area (Å²) in [6.07, 6.45) is 8.47. The number of piperazine rings is 1. The number of amides is 2. The Morgan fingerprint density at radius 3 is 2.77 bits per heavy atom. The maximum atomic E-state index is 13.1. The predicted octanol–water partition coefficient (Wildman–Crippen LogP) is 4.05. The quantitative estimate of drug-likeness (QED) is 0.423. The van der Waals surface area contributed by atoms with Crippen molar-refractivity contribution in [2.75, 3.05) is 55.0 Å². The molecular formula is C29H34N6O4S. The van der Waals surface area contributed by atoms with Crippen molar-refractivity contribution in [3.8, 4) is 11.5 Å². The summed E-state index contributed by atoms with van der Waals surface area (Å²) >= 11 is 1.30. The first-order valence-electron chi connectivity index (χ1n) is 13.9. The Morgan fingerprint density at radius 1 is 1.15 bits per heavy atom. The van der Waals surface area contributed by atoms with Crippen LogP contribution < -0.4 is 29.9 Å². The maximum Gasteiger partial charge on any atom is 0.275 e. The Labute approximate surface area is 237 Å². The van der Waals surface area contributed by atoms with E-state index in [4.69, 9.17) is 9.47 Å². The van der Waals surface area contributed by atoms with Crippen LogP contribution in [-0.4, -0.2) is 67.7 Å². The fourth-order valence-corrected chi connectivity index (χ4v) is 6.52. The number of methoxy groups -OCH3 is 1. The van der Waals surface area contributed by atoms with Crippen molar-refractivity contribution in [2.45, 2.75) is 44.1 Å². The highest BCUT2D eigenvalue weighted by molar-refractivity contribution is 7.14. The van der Waals surface area contributed by atoms with Crippen molar-refractivity contribution in [2.24, 2.45) is 0 Å². The van der Waals surface area contributed by atoms with Gasteiger partial charge in [0.05, 0.1) is 30.8 Å². The molecule has 0 radical (unpaired) electrons. The van der Waals surface area contributed by atoms with Crippen LogP contribution in [0.25, 0.3) is 0 Å². The minimum Gasteiger partial charge on any atom is -0.493 e. The Bertz CT molecular complexity index is 1370. The van der Waals surface area contributed by atoms with Crippen LogP contribution in [0.4, 0.5) is 16.5 Å². The van der Waals surface area contributed by atoms with E-state index in [0.29, 0.717) is 29.5 Å². The first kappa shape index (κ1) is 26.5. The molecule has 1 atom stereocenters. The number of hydrogen-bond donors (Lipinski definition) is 2. The summed E-state index contributed by atoms with van der Waals surface area (Å²) in [6.45, 7) is 3.99. The summed E-state index contributed by atoms with van der Waals surface area (Å²) in [5, 5.41) is 8.54. The fourth-order valence-electron chi connectivity index (χ4n) is 5.68. The van der Waals surface area contributed by atoms with Crippen LogP contribution in [-0.2, 0) is 4.79 Å². The zero-order valence-corrected chi connectivity index (χ0v) is 23.4. The van der Waals surface area contributed by atoms with Gasteiger partial charge in [0.2, 0.25) is 5.91 Å². The molecule has 40 heavy (non-hydrogen) atoms. The summed E-state index contributed by atoms with van der Waals surface area (Å²) < 4.78 is 11.8. The molecule has 2 N–H and O–H groups in total. The van der Waals surface area contributed by atoms with Crippen molar-refractivity contribution < 1.29 is 19.1 Å². The Kier molecular flexibility index (Phi) is 7.83. The predicted molar refractivity (Wildman–Crippen MR) is 155 cm³/mol. The van der Waals surface area contributed by atoms with Crippen LogP contribution in [0, 0.1) is 0 Å². The SMILES string of the molecule is COc1ccc(C2CC(=O)N(c3nc(C(=O)Nc4cnccc4N4CCNCC4)cs3)C2)cc1OC1CCCC1. The molecule has 2 aromatic heterocycles. The number of pyridine rings is 1. The molecule has 4 heterocycles.